The van der Waals surface area contributed by atoms with Gasteiger partial charge in [-0.25, -0.2) is 9.78 Å². The summed E-state index contributed by atoms with van der Waals surface area (Å²) in [6.07, 6.45) is 7.79. The van der Waals surface area contributed by atoms with Gasteiger partial charge in [0.15, 0.2) is 5.65 Å². The second-order valence-corrected chi connectivity index (χ2v) is 9.45. The van der Waals surface area contributed by atoms with Crippen LogP contribution < -0.4 is 15.9 Å². The van der Waals surface area contributed by atoms with E-state index in [0.717, 1.165) is 49.1 Å². The zero-order chi connectivity index (χ0) is 23.2. The molecule has 3 aromatic rings. The number of nitrogens with one attached hydrogen (secondary N) is 1. The Morgan fingerprint density at radius 3 is 2.67 bits per heavy atom. The number of hydrogen-bond acceptors (Lipinski definition) is 6. The fraction of sp³-hybridized carbons (Fsp3) is 0.500. The lowest BCUT2D eigenvalue weighted by molar-refractivity contribution is -0.121. The Bertz CT molecular complexity index is 1230. The topological polar surface area (TPSA) is 105 Å². The minimum absolute atomic E-state index is 0.00820. The van der Waals surface area contributed by atoms with E-state index in [0.29, 0.717) is 12.2 Å². The van der Waals surface area contributed by atoms with Gasteiger partial charge in [0.2, 0.25) is 5.91 Å². The van der Waals surface area contributed by atoms with E-state index in [4.69, 9.17) is 4.98 Å². The van der Waals surface area contributed by atoms with Gasteiger partial charge in [-0.2, -0.15) is 0 Å². The first-order valence-corrected chi connectivity index (χ1v) is 11.5. The minimum Gasteiger partial charge on any atom is -0.395 e. The molecule has 2 fully saturated rings. The monoisotopic (exact) mass is 450 g/mol. The van der Waals surface area contributed by atoms with E-state index < -0.39 is 0 Å². The lowest BCUT2D eigenvalue weighted by Gasteiger charge is -2.28. The highest BCUT2D eigenvalue weighted by Gasteiger charge is 2.57. The number of rotatable bonds is 6. The Balaban J connectivity index is 1.33. The number of aliphatic hydroxyl groups is 1. The molecule has 3 aromatic heterocycles. The van der Waals surface area contributed by atoms with Gasteiger partial charge in [0.1, 0.15) is 5.82 Å². The molecule has 33 heavy (non-hydrogen) atoms. The summed E-state index contributed by atoms with van der Waals surface area (Å²) in [5.41, 5.74) is 2.31. The maximum atomic E-state index is 13.1. The van der Waals surface area contributed by atoms with Crippen LogP contribution in [0.2, 0.25) is 0 Å². The number of fused-ring (bicyclic) bond motifs is 1. The first-order chi connectivity index (χ1) is 15.9. The summed E-state index contributed by atoms with van der Waals surface area (Å²) in [7, 11) is 3.67. The van der Waals surface area contributed by atoms with Crippen LogP contribution in [0.15, 0.2) is 41.5 Å². The summed E-state index contributed by atoms with van der Waals surface area (Å²) in [6.45, 7) is 0.519. The maximum absolute atomic E-state index is 13.1. The van der Waals surface area contributed by atoms with Crippen molar-refractivity contribution < 1.29 is 9.90 Å². The zero-order valence-electron chi connectivity index (χ0n) is 19.1. The van der Waals surface area contributed by atoms with E-state index in [2.05, 4.69) is 10.3 Å². The van der Waals surface area contributed by atoms with Gasteiger partial charge in [-0.05, 0) is 61.8 Å². The van der Waals surface area contributed by atoms with Crippen molar-refractivity contribution in [2.24, 2.45) is 18.4 Å². The summed E-state index contributed by atoms with van der Waals surface area (Å²) in [5.74, 6) is 0.794. The Morgan fingerprint density at radius 2 is 1.97 bits per heavy atom. The van der Waals surface area contributed by atoms with Gasteiger partial charge in [-0.3, -0.25) is 18.9 Å². The van der Waals surface area contributed by atoms with Gasteiger partial charge in [0.05, 0.1) is 12.1 Å². The smallest absolute Gasteiger partial charge is 0.330 e. The molecular weight excluding hydrogens is 420 g/mol. The third-order valence-electron chi connectivity index (χ3n) is 7.51. The molecule has 1 spiro atoms. The highest BCUT2D eigenvalue weighted by atomic mass is 16.3. The van der Waals surface area contributed by atoms with Crippen LogP contribution in [0.1, 0.15) is 38.1 Å². The summed E-state index contributed by atoms with van der Waals surface area (Å²) >= 11 is 0. The quantitative estimate of drug-likeness (QED) is 0.597. The molecule has 0 bridgehead atoms. The number of carbonyl (C=O) groups is 1. The van der Waals surface area contributed by atoms with Crippen LogP contribution in [0.4, 0.5) is 11.5 Å². The Kier molecular flexibility index (Phi) is 5.44. The maximum Gasteiger partial charge on any atom is 0.330 e. The van der Waals surface area contributed by atoms with Gasteiger partial charge >= 0.3 is 5.69 Å². The van der Waals surface area contributed by atoms with Crippen molar-refractivity contribution in [3.63, 3.8) is 0 Å². The molecule has 9 nitrogen and oxygen atoms in total. The molecule has 3 heterocycles. The molecule has 2 aliphatic rings. The van der Waals surface area contributed by atoms with Crippen molar-refractivity contribution in [1.29, 1.82) is 0 Å². The molecule has 0 aromatic carbocycles. The molecule has 1 unspecified atom stereocenters. The average molecular weight is 451 g/mol. The number of amides is 1. The lowest BCUT2D eigenvalue weighted by Crippen LogP contribution is -2.30. The Hall–Kier alpha value is -3.20. The number of aliphatic hydroxyl groups excluding tert-OH is 1. The van der Waals surface area contributed by atoms with Gasteiger partial charge in [0.25, 0.3) is 0 Å². The normalized spacial score (nSPS) is 24.2. The summed E-state index contributed by atoms with van der Waals surface area (Å²) in [5, 5.41) is 12.3. The van der Waals surface area contributed by atoms with Crippen molar-refractivity contribution in [2.45, 2.75) is 38.1 Å². The van der Waals surface area contributed by atoms with Crippen molar-refractivity contribution in [3.05, 3.63) is 47.1 Å². The highest BCUT2D eigenvalue weighted by Crippen LogP contribution is 2.65. The Morgan fingerprint density at radius 1 is 1.24 bits per heavy atom. The number of carbonyl (C=O) groups excluding carboxylic acids is 1. The van der Waals surface area contributed by atoms with Crippen LogP contribution in [0.5, 0.6) is 0 Å². The first-order valence-electron chi connectivity index (χ1n) is 11.5. The van der Waals surface area contributed by atoms with Crippen molar-refractivity contribution in [2.75, 3.05) is 30.4 Å². The lowest BCUT2D eigenvalue weighted by atomic mass is 9.79. The van der Waals surface area contributed by atoms with E-state index in [1.165, 1.54) is 0 Å². The fourth-order valence-electron chi connectivity index (χ4n) is 5.35. The summed E-state index contributed by atoms with van der Waals surface area (Å²) in [4.78, 5) is 36.5. The van der Waals surface area contributed by atoms with Crippen LogP contribution in [0.25, 0.3) is 11.2 Å². The van der Waals surface area contributed by atoms with E-state index >= 15 is 0 Å². The van der Waals surface area contributed by atoms with E-state index in [1.54, 1.807) is 36.1 Å². The molecule has 0 aliphatic heterocycles. The van der Waals surface area contributed by atoms with Crippen LogP contribution in [-0.2, 0) is 11.8 Å². The van der Waals surface area contributed by atoms with Crippen LogP contribution in [0.3, 0.4) is 0 Å². The highest BCUT2D eigenvalue weighted by molar-refractivity contribution is 5.92. The molecule has 174 valence electrons. The second kappa shape index (κ2) is 8.30. The molecule has 5 rings (SSSR count). The third kappa shape index (κ3) is 3.80. The van der Waals surface area contributed by atoms with Gasteiger partial charge < -0.3 is 15.3 Å². The number of anilines is 2. The molecule has 2 aliphatic carbocycles. The molecule has 0 radical (unpaired) electrons. The summed E-state index contributed by atoms with van der Waals surface area (Å²) < 4.78 is 3.53. The Labute approximate surface area is 192 Å². The number of nitrogens with zero attached hydrogens (tertiary/aromatic N) is 5. The van der Waals surface area contributed by atoms with Gasteiger partial charge in [-0.1, -0.05) is 0 Å². The summed E-state index contributed by atoms with van der Waals surface area (Å²) in [6, 6.07) is 7.52. The van der Waals surface area contributed by atoms with Crippen molar-refractivity contribution in [1.82, 2.24) is 19.1 Å². The number of hydrogen-bond donors (Lipinski definition) is 2. The SMILES string of the molecule is CN(CCO)c1ccc2c(n1)n(C1CC13CCC(C(=O)Nc1ccncc1)CC3)c(=O)n2C. The molecule has 1 amide bonds. The average Bonchev–Trinajstić information content (AvgIpc) is 3.44. The molecule has 2 saturated carbocycles. The first kappa shape index (κ1) is 21.6. The predicted molar refractivity (Wildman–Crippen MR) is 126 cm³/mol. The van der Waals surface area contributed by atoms with E-state index in [9.17, 15) is 14.7 Å². The standard InChI is InChI=1S/C24H30N6O3/c1-28(13-14-31)20-4-3-18-21(27-20)30(23(33)29(18)2)19-15-24(19)9-5-16(6-10-24)22(32)26-17-7-11-25-12-8-17/h3-4,7-8,11-12,16,19,31H,5-6,9-10,13-15H2,1-2H3,(H,25,26,32). The van der Waals surface area contributed by atoms with Crippen LogP contribution in [0, 0.1) is 11.3 Å². The number of aromatic nitrogens is 4. The van der Waals surface area contributed by atoms with Crippen LogP contribution in [-0.4, -0.2) is 50.3 Å². The molecule has 1 atom stereocenters. The van der Waals surface area contributed by atoms with E-state index in [-0.39, 0.29) is 35.6 Å². The molecule has 0 saturated heterocycles. The second-order valence-electron chi connectivity index (χ2n) is 9.45. The fourth-order valence-corrected chi connectivity index (χ4v) is 5.35. The van der Waals surface area contributed by atoms with Gasteiger partial charge in [-0.15, -0.1) is 0 Å². The molecule has 2 N–H and O–H groups in total. The van der Waals surface area contributed by atoms with E-state index in [1.807, 2.05) is 28.6 Å². The third-order valence-corrected chi connectivity index (χ3v) is 7.51. The number of imidazole rings is 1. The molecular formula is C24H30N6O3. The minimum atomic E-state index is -0.0427. The zero-order valence-corrected chi connectivity index (χ0v) is 19.1. The van der Waals surface area contributed by atoms with Gasteiger partial charge in [0, 0.05) is 50.7 Å². The predicted octanol–water partition coefficient (Wildman–Crippen LogP) is 2.32. The van der Waals surface area contributed by atoms with Crippen molar-refractivity contribution >= 4 is 28.6 Å². The van der Waals surface area contributed by atoms with Crippen molar-refractivity contribution in [3.8, 4) is 0 Å². The molecule has 9 heteroatoms. The largest absolute Gasteiger partial charge is 0.395 e. The van der Waals surface area contributed by atoms with Crippen LogP contribution >= 0.6 is 0 Å². The number of pyridine rings is 2. The number of aryl methyl sites for hydroxylation is 1. The number of likely N-dealkylation sites (N-methyl/N-ethyl adjacent to an activating group) is 1.